The summed E-state index contributed by atoms with van der Waals surface area (Å²) < 4.78 is 0. The van der Waals surface area contributed by atoms with Gasteiger partial charge in [-0.05, 0) is 18.2 Å². The molecule has 1 N–H and O–H groups in total. The molecule has 0 saturated carbocycles. The van der Waals surface area contributed by atoms with Crippen LogP contribution in [0.4, 0.5) is 5.69 Å². The van der Waals surface area contributed by atoms with Gasteiger partial charge < -0.3 is 15.6 Å². The van der Waals surface area contributed by atoms with Gasteiger partial charge >= 0.3 is 0 Å². The largest absolute Gasteiger partial charge is 0.759 e. The monoisotopic (exact) mass is 213 g/mol. The summed E-state index contributed by atoms with van der Waals surface area (Å²) in [6.07, 6.45) is 0. The van der Waals surface area contributed by atoms with Crippen LogP contribution in [0.5, 0.6) is 0 Å². The number of nitrogens with one attached hydrogen (secondary N) is 1. The van der Waals surface area contributed by atoms with Crippen LogP contribution in [-0.2, 0) is 0 Å². The van der Waals surface area contributed by atoms with Crippen molar-refractivity contribution in [2.45, 2.75) is 0 Å². The number of benzene rings is 1. The third kappa shape index (κ3) is 2.16. The number of hydroxylamine groups is 1. The molecule has 0 radical (unpaired) electrons. The molecule has 0 atom stereocenters. The first-order chi connectivity index (χ1) is 6.56. The lowest BCUT2D eigenvalue weighted by Crippen LogP contribution is -2.20. The first-order valence-corrected chi connectivity index (χ1v) is 4.33. The molecule has 0 aliphatic rings. The van der Waals surface area contributed by atoms with Gasteiger partial charge in [0.2, 0.25) is 5.91 Å². The van der Waals surface area contributed by atoms with E-state index in [-0.39, 0.29) is 5.56 Å². The smallest absolute Gasteiger partial charge is 0.242 e. The number of carbonyl (C=O) groups is 1. The van der Waals surface area contributed by atoms with Gasteiger partial charge in [-0.1, -0.05) is 11.6 Å². The lowest BCUT2D eigenvalue weighted by Gasteiger charge is -2.18. The van der Waals surface area contributed by atoms with E-state index in [1.165, 1.54) is 11.5 Å². The van der Waals surface area contributed by atoms with Crippen molar-refractivity contribution in [3.63, 3.8) is 0 Å². The van der Waals surface area contributed by atoms with Crippen molar-refractivity contribution < 1.29 is 4.79 Å². The van der Waals surface area contributed by atoms with E-state index in [4.69, 9.17) is 11.6 Å². The van der Waals surface area contributed by atoms with Crippen molar-refractivity contribution in [2.75, 3.05) is 19.0 Å². The van der Waals surface area contributed by atoms with Crippen LogP contribution in [0.25, 0.3) is 0 Å². The second-order valence-corrected chi connectivity index (χ2v) is 3.42. The summed E-state index contributed by atoms with van der Waals surface area (Å²) in [6.45, 7) is 0. The molecular formula is C9H10ClN2O2-. The normalized spacial score (nSPS) is 9.71. The summed E-state index contributed by atoms with van der Waals surface area (Å²) in [4.78, 5) is 12.9. The summed E-state index contributed by atoms with van der Waals surface area (Å²) in [5.41, 5.74) is 2.26. The quantitative estimate of drug-likeness (QED) is 0.760. The van der Waals surface area contributed by atoms with E-state index in [1.54, 1.807) is 31.1 Å². The fourth-order valence-corrected chi connectivity index (χ4v) is 1.31. The summed E-state index contributed by atoms with van der Waals surface area (Å²) in [5, 5.41) is 10.7. The van der Waals surface area contributed by atoms with E-state index < -0.39 is 5.91 Å². The predicted molar refractivity (Wildman–Crippen MR) is 56.6 cm³/mol. The van der Waals surface area contributed by atoms with E-state index in [0.29, 0.717) is 10.7 Å². The van der Waals surface area contributed by atoms with Crippen molar-refractivity contribution >= 4 is 23.2 Å². The molecule has 1 rings (SSSR count). The van der Waals surface area contributed by atoms with Crippen LogP contribution < -0.4 is 10.4 Å². The zero-order chi connectivity index (χ0) is 10.7. The molecule has 4 nitrogen and oxygen atoms in total. The number of halogens is 1. The summed E-state index contributed by atoms with van der Waals surface area (Å²) in [5.74, 6) is -0.684. The molecule has 0 fully saturated rings. The Labute approximate surface area is 87.0 Å². The summed E-state index contributed by atoms with van der Waals surface area (Å²) in [7, 11) is 3.57. The van der Waals surface area contributed by atoms with E-state index in [1.807, 2.05) is 0 Å². The molecule has 0 spiro atoms. The molecule has 0 bridgehead atoms. The van der Waals surface area contributed by atoms with E-state index in [9.17, 15) is 10.0 Å². The van der Waals surface area contributed by atoms with Crippen LogP contribution in [0.1, 0.15) is 10.4 Å². The zero-order valence-electron chi connectivity index (χ0n) is 7.87. The van der Waals surface area contributed by atoms with Crippen LogP contribution in [0.2, 0.25) is 5.02 Å². The van der Waals surface area contributed by atoms with Gasteiger partial charge in [0.1, 0.15) is 0 Å². The van der Waals surface area contributed by atoms with Gasteiger partial charge in [0, 0.05) is 24.8 Å². The number of anilines is 1. The Morgan fingerprint density at radius 3 is 2.64 bits per heavy atom. The maximum Gasteiger partial charge on any atom is 0.242 e. The molecule has 0 aliphatic carbocycles. The van der Waals surface area contributed by atoms with Crippen LogP contribution in [0.15, 0.2) is 18.2 Å². The van der Waals surface area contributed by atoms with Gasteiger partial charge in [-0.25, -0.2) is 0 Å². The first kappa shape index (κ1) is 10.8. The molecule has 14 heavy (non-hydrogen) atoms. The van der Waals surface area contributed by atoms with E-state index >= 15 is 0 Å². The molecule has 0 aromatic heterocycles. The van der Waals surface area contributed by atoms with Gasteiger partial charge in [-0.2, -0.15) is 0 Å². The highest BCUT2D eigenvalue weighted by Crippen LogP contribution is 2.22. The highest BCUT2D eigenvalue weighted by atomic mass is 35.5. The molecule has 0 saturated heterocycles. The number of hydrogen-bond donors (Lipinski definition) is 1. The van der Waals surface area contributed by atoms with Crippen molar-refractivity contribution in [3.05, 3.63) is 34.0 Å². The molecular weight excluding hydrogens is 204 g/mol. The second-order valence-electron chi connectivity index (χ2n) is 2.99. The summed E-state index contributed by atoms with van der Waals surface area (Å²) >= 11 is 5.72. The van der Waals surface area contributed by atoms with E-state index in [2.05, 4.69) is 0 Å². The number of nitrogens with zero attached hydrogens (tertiary/aromatic N) is 1. The molecule has 1 aromatic rings. The van der Waals surface area contributed by atoms with Crippen LogP contribution >= 0.6 is 11.6 Å². The highest BCUT2D eigenvalue weighted by Gasteiger charge is 2.10. The average Bonchev–Trinajstić information content (AvgIpc) is 2.16. The fraction of sp³-hybridized carbons (Fsp3) is 0.222. The fourth-order valence-electron chi connectivity index (χ4n) is 1.14. The number of hydrogen-bond acceptors (Lipinski definition) is 3. The zero-order valence-corrected chi connectivity index (χ0v) is 8.63. The maximum atomic E-state index is 11.2. The molecule has 0 unspecified atom stereocenters. The van der Waals surface area contributed by atoms with Gasteiger partial charge in [0.25, 0.3) is 0 Å². The lowest BCUT2D eigenvalue weighted by molar-refractivity contribution is 0.0970. The molecule has 76 valence electrons. The Bertz CT molecular complexity index is 353. The SMILES string of the molecule is CN(C)c1ccc(Cl)cc1C(=O)N[O-]. The minimum Gasteiger partial charge on any atom is -0.759 e. The Morgan fingerprint density at radius 2 is 2.14 bits per heavy atom. The summed E-state index contributed by atoms with van der Waals surface area (Å²) in [6, 6.07) is 4.81. The third-order valence-electron chi connectivity index (χ3n) is 1.78. The number of carbonyl (C=O) groups excluding carboxylic acids is 1. The van der Waals surface area contributed by atoms with Gasteiger partial charge in [0.05, 0.1) is 5.56 Å². The van der Waals surface area contributed by atoms with Crippen molar-refractivity contribution in [3.8, 4) is 0 Å². The Morgan fingerprint density at radius 1 is 1.50 bits per heavy atom. The Balaban J connectivity index is 3.22. The minimum atomic E-state index is -0.684. The predicted octanol–water partition coefficient (Wildman–Crippen LogP) is 1.63. The average molecular weight is 214 g/mol. The van der Waals surface area contributed by atoms with E-state index in [0.717, 1.165) is 0 Å². The second kappa shape index (κ2) is 4.30. The highest BCUT2D eigenvalue weighted by molar-refractivity contribution is 6.31. The molecule has 1 amide bonds. The van der Waals surface area contributed by atoms with Crippen molar-refractivity contribution in [1.82, 2.24) is 5.48 Å². The van der Waals surface area contributed by atoms with Gasteiger partial charge in [0.15, 0.2) is 0 Å². The lowest BCUT2D eigenvalue weighted by atomic mass is 10.1. The van der Waals surface area contributed by atoms with Crippen LogP contribution in [0, 0.1) is 5.21 Å². The topological polar surface area (TPSA) is 55.4 Å². The maximum absolute atomic E-state index is 11.2. The molecule has 5 heteroatoms. The molecule has 1 aromatic carbocycles. The number of amides is 1. The van der Waals surface area contributed by atoms with Crippen molar-refractivity contribution in [1.29, 1.82) is 0 Å². The molecule has 0 heterocycles. The Kier molecular flexibility index (Phi) is 3.33. The standard InChI is InChI=1S/C9H10ClN2O2/c1-12(2)8-4-3-6(10)5-7(8)9(13)11-14/h3-5H,1-2H3,(H-,11,13,14)/q-1. The van der Waals surface area contributed by atoms with Crippen LogP contribution in [-0.4, -0.2) is 20.0 Å². The molecule has 0 aliphatic heterocycles. The Hall–Kier alpha value is -1.26. The van der Waals surface area contributed by atoms with Crippen LogP contribution in [0.3, 0.4) is 0 Å². The third-order valence-corrected chi connectivity index (χ3v) is 2.01. The number of rotatable bonds is 2. The van der Waals surface area contributed by atoms with Gasteiger partial charge in [-0.3, -0.25) is 4.79 Å². The van der Waals surface area contributed by atoms with Gasteiger partial charge in [-0.15, -0.1) is 0 Å². The first-order valence-electron chi connectivity index (χ1n) is 3.95. The minimum absolute atomic E-state index is 0.275. The van der Waals surface area contributed by atoms with Crippen molar-refractivity contribution in [2.24, 2.45) is 0 Å².